The summed E-state index contributed by atoms with van der Waals surface area (Å²) in [4.78, 5) is 18.0. The third-order valence-electron chi connectivity index (χ3n) is 5.71. The van der Waals surface area contributed by atoms with Gasteiger partial charge < -0.3 is 9.73 Å². The maximum atomic E-state index is 13.2. The van der Waals surface area contributed by atoms with Gasteiger partial charge >= 0.3 is 0 Å². The molecule has 4 heterocycles. The second-order valence-corrected chi connectivity index (χ2v) is 10.2. The highest BCUT2D eigenvalue weighted by molar-refractivity contribution is 7.91. The fourth-order valence-electron chi connectivity index (χ4n) is 4.14. The van der Waals surface area contributed by atoms with Gasteiger partial charge in [0.2, 0.25) is 0 Å². The standard InChI is InChI=1S/C23H22N4O4S/c1-15-21-18(23(28)24-13-16-6-3-2-4-7-16)12-19(20-8-5-10-31-20)25-22(21)27(26-15)17-9-11-32(29,30)14-17/h2-8,10,12,17H,9,11,13-14H2,1H3,(H,24,28). The minimum Gasteiger partial charge on any atom is -0.463 e. The van der Waals surface area contributed by atoms with Gasteiger partial charge in [-0.05, 0) is 37.1 Å². The van der Waals surface area contributed by atoms with Gasteiger partial charge in [-0.25, -0.2) is 18.1 Å². The molecule has 1 aliphatic rings. The summed E-state index contributed by atoms with van der Waals surface area (Å²) in [5.74, 6) is 0.412. The van der Waals surface area contributed by atoms with E-state index in [4.69, 9.17) is 9.40 Å². The van der Waals surface area contributed by atoms with Crippen LogP contribution in [0.1, 0.15) is 34.1 Å². The Kier molecular flexibility index (Phi) is 5.05. The first-order valence-electron chi connectivity index (χ1n) is 10.4. The van der Waals surface area contributed by atoms with Crippen molar-refractivity contribution in [2.24, 2.45) is 0 Å². The first-order valence-corrected chi connectivity index (χ1v) is 12.2. The minimum absolute atomic E-state index is 0.0193. The van der Waals surface area contributed by atoms with Gasteiger partial charge in [-0.15, -0.1) is 0 Å². The number of carbonyl (C=O) groups excluding carboxylic acids is 1. The van der Waals surface area contributed by atoms with Crippen LogP contribution in [0.15, 0.2) is 59.2 Å². The van der Waals surface area contributed by atoms with E-state index in [2.05, 4.69) is 10.4 Å². The van der Waals surface area contributed by atoms with E-state index in [9.17, 15) is 13.2 Å². The van der Waals surface area contributed by atoms with Crippen LogP contribution in [-0.2, 0) is 16.4 Å². The largest absolute Gasteiger partial charge is 0.463 e. The Bertz CT molecular complexity index is 1390. The van der Waals surface area contributed by atoms with E-state index >= 15 is 0 Å². The lowest BCUT2D eigenvalue weighted by Gasteiger charge is -2.12. The van der Waals surface area contributed by atoms with Crippen molar-refractivity contribution < 1.29 is 17.6 Å². The highest BCUT2D eigenvalue weighted by Gasteiger charge is 2.32. The third-order valence-corrected chi connectivity index (χ3v) is 7.46. The normalized spacial score (nSPS) is 17.6. The molecule has 1 aromatic carbocycles. The smallest absolute Gasteiger partial charge is 0.252 e. The summed E-state index contributed by atoms with van der Waals surface area (Å²) in [6, 6.07) is 14.6. The van der Waals surface area contributed by atoms with Gasteiger partial charge in [0.05, 0.1) is 40.5 Å². The molecular weight excluding hydrogens is 428 g/mol. The molecule has 1 N–H and O–H groups in total. The molecule has 1 atom stereocenters. The topological polar surface area (TPSA) is 107 Å². The SMILES string of the molecule is Cc1nn(C2CCS(=O)(=O)C2)c2nc(-c3ccco3)cc(C(=O)NCc3ccccc3)c12. The Morgan fingerprint density at radius 2 is 2.03 bits per heavy atom. The third kappa shape index (κ3) is 3.80. The first kappa shape index (κ1) is 20.4. The first-order chi connectivity index (χ1) is 15.4. The van der Waals surface area contributed by atoms with E-state index in [0.717, 1.165) is 5.56 Å². The number of sulfone groups is 1. The summed E-state index contributed by atoms with van der Waals surface area (Å²) < 4.78 is 31.3. The molecule has 5 rings (SSSR count). The number of carbonyl (C=O) groups is 1. The average Bonchev–Trinajstić information content (AvgIpc) is 3.51. The van der Waals surface area contributed by atoms with Crippen LogP contribution in [0.5, 0.6) is 0 Å². The molecule has 1 fully saturated rings. The minimum atomic E-state index is -3.11. The summed E-state index contributed by atoms with van der Waals surface area (Å²) in [5, 5.41) is 8.19. The number of aryl methyl sites for hydroxylation is 1. The van der Waals surface area contributed by atoms with Crippen LogP contribution in [-0.4, -0.2) is 40.6 Å². The van der Waals surface area contributed by atoms with Crippen molar-refractivity contribution in [3.05, 3.63) is 71.6 Å². The molecule has 0 spiro atoms. The number of benzene rings is 1. The van der Waals surface area contributed by atoms with Crippen LogP contribution >= 0.6 is 0 Å². The fraction of sp³-hybridized carbons (Fsp3) is 0.261. The predicted molar refractivity (Wildman–Crippen MR) is 120 cm³/mol. The number of pyridine rings is 1. The van der Waals surface area contributed by atoms with Crippen LogP contribution in [0.2, 0.25) is 0 Å². The number of hydrogen-bond acceptors (Lipinski definition) is 6. The average molecular weight is 451 g/mol. The van der Waals surface area contributed by atoms with E-state index in [-0.39, 0.29) is 23.5 Å². The molecule has 1 unspecified atom stereocenters. The number of amides is 1. The van der Waals surface area contributed by atoms with E-state index < -0.39 is 9.84 Å². The monoisotopic (exact) mass is 450 g/mol. The molecule has 0 bridgehead atoms. The number of furan rings is 1. The van der Waals surface area contributed by atoms with Crippen molar-refractivity contribution >= 4 is 26.8 Å². The van der Waals surface area contributed by atoms with Crippen LogP contribution in [0.3, 0.4) is 0 Å². The highest BCUT2D eigenvalue weighted by Crippen LogP contribution is 2.32. The van der Waals surface area contributed by atoms with Gasteiger partial charge in [0.1, 0.15) is 5.69 Å². The summed E-state index contributed by atoms with van der Waals surface area (Å²) in [6.07, 6.45) is 2.02. The lowest BCUT2D eigenvalue weighted by atomic mass is 10.1. The Labute approximate surface area is 185 Å². The number of rotatable bonds is 5. The highest BCUT2D eigenvalue weighted by atomic mass is 32.2. The molecule has 0 aliphatic carbocycles. The molecule has 3 aromatic heterocycles. The molecular formula is C23H22N4O4S. The Morgan fingerprint density at radius 3 is 2.72 bits per heavy atom. The van der Waals surface area contributed by atoms with Gasteiger partial charge in [-0.2, -0.15) is 5.10 Å². The molecule has 32 heavy (non-hydrogen) atoms. The van der Waals surface area contributed by atoms with Gasteiger partial charge in [-0.3, -0.25) is 4.79 Å². The summed E-state index contributed by atoms with van der Waals surface area (Å²) in [7, 11) is -3.11. The molecule has 1 aliphatic heterocycles. The maximum Gasteiger partial charge on any atom is 0.252 e. The quantitative estimate of drug-likeness (QED) is 0.500. The van der Waals surface area contributed by atoms with Crippen LogP contribution in [0.25, 0.3) is 22.5 Å². The molecule has 0 radical (unpaired) electrons. The van der Waals surface area contributed by atoms with Crippen molar-refractivity contribution in [2.75, 3.05) is 11.5 Å². The van der Waals surface area contributed by atoms with E-state index in [0.29, 0.717) is 46.7 Å². The Hall–Kier alpha value is -3.46. The van der Waals surface area contributed by atoms with Crippen LogP contribution < -0.4 is 5.32 Å². The summed E-state index contributed by atoms with van der Waals surface area (Å²) >= 11 is 0. The number of aromatic nitrogens is 3. The van der Waals surface area contributed by atoms with Crippen LogP contribution in [0, 0.1) is 6.92 Å². The fourth-order valence-corrected chi connectivity index (χ4v) is 5.83. The van der Waals surface area contributed by atoms with Gasteiger partial charge in [0.25, 0.3) is 5.91 Å². The molecule has 1 saturated heterocycles. The molecule has 8 nitrogen and oxygen atoms in total. The molecule has 4 aromatic rings. The molecule has 0 saturated carbocycles. The zero-order valence-corrected chi connectivity index (χ0v) is 18.3. The number of hydrogen-bond donors (Lipinski definition) is 1. The van der Waals surface area contributed by atoms with Crippen molar-refractivity contribution in [1.29, 1.82) is 0 Å². The van der Waals surface area contributed by atoms with Crippen molar-refractivity contribution in [3.63, 3.8) is 0 Å². The second-order valence-electron chi connectivity index (χ2n) is 7.99. The van der Waals surface area contributed by atoms with E-state index in [1.165, 1.54) is 0 Å². The zero-order valence-electron chi connectivity index (χ0n) is 17.5. The molecule has 164 valence electrons. The maximum absolute atomic E-state index is 13.2. The van der Waals surface area contributed by atoms with Gasteiger partial charge in [-0.1, -0.05) is 30.3 Å². The number of fused-ring (bicyclic) bond motifs is 1. The van der Waals surface area contributed by atoms with Crippen LogP contribution in [0.4, 0.5) is 0 Å². The molecule has 9 heteroatoms. The lowest BCUT2D eigenvalue weighted by molar-refractivity contribution is 0.0952. The lowest BCUT2D eigenvalue weighted by Crippen LogP contribution is -2.23. The second kappa shape index (κ2) is 7.90. The van der Waals surface area contributed by atoms with Crippen molar-refractivity contribution in [2.45, 2.75) is 25.9 Å². The Morgan fingerprint density at radius 1 is 1.22 bits per heavy atom. The summed E-state index contributed by atoms with van der Waals surface area (Å²) in [6.45, 7) is 2.19. The summed E-state index contributed by atoms with van der Waals surface area (Å²) in [5.41, 5.74) is 3.04. The van der Waals surface area contributed by atoms with Crippen molar-refractivity contribution in [1.82, 2.24) is 20.1 Å². The van der Waals surface area contributed by atoms with E-state index in [1.54, 1.807) is 29.1 Å². The van der Waals surface area contributed by atoms with Gasteiger partial charge in [0.15, 0.2) is 21.2 Å². The van der Waals surface area contributed by atoms with Crippen molar-refractivity contribution in [3.8, 4) is 11.5 Å². The predicted octanol–water partition coefficient (Wildman–Crippen LogP) is 3.29. The van der Waals surface area contributed by atoms with Gasteiger partial charge in [0, 0.05) is 6.54 Å². The van der Waals surface area contributed by atoms with E-state index in [1.807, 2.05) is 37.3 Å². The Balaban J connectivity index is 1.60. The number of nitrogens with one attached hydrogen (secondary N) is 1. The zero-order chi connectivity index (χ0) is 22.3. The molecule has 1 amide bonds. The number of nitrogens with zero attached hydrogens (tertiary/aromatic N) is 3.